The van der Waals surface area contributed by atoms with Gasteiger partial charge in [0.2, 0.25) is 0 Å². The van der Waals surface area contributed by atoms with Gasteiger partial charge in [0.15, 0.2) is 17.5 Å². The molecule has 5 aromatic heterocycles. The van der Waals surface area contributed by atoms with Gasteiger partial charge in [0, 0.05) is 67.3 Å². The molecule has 58 heavy (non-hydrogen) atoms. The second-order valence-electron chi connectivity index (χ2n) is 14.8. The van der Waals surface area contributed by atoms with Crippen LogP contribution in [0.3, 0.4) is 0 Å². The predicted molar refractivity (Wildman–Crippen MR) is 237 cm³/mol. The third kappa shape index (κ3) is 5.05. The van der Waals surface area contributed by atoms with E-state index >= 15 is 0 Å². The highest BCUT2D eigenvalue weighted by Gasteiger charge is 2.20. The minimum absolute atomic E-state index is 0.618. The van der Waals surface area contributed by atoms with Gasteiger partial charge < -0.3 is 8.97 Å². The molecule has 0 N–H and O–H groups in total. The zero-order valence-electron chi connectivity index (χ0n) is 31.2. The Hall–Kier alpha value is -7.96. The molecule has 7 aromatic carbocycles. The topological polar surface area (TPSA) is 60.9 Å². The number of para-hydroxylation sites is 1. The molecule has 270 valence electrons. The number of fused-ring (bicyclic) bond motifs is 11. The van der Waals surface area contributed by atoms with E-state index < -0.39 is 0 Å². The Morgan fingerprint density at radius 1 is 0.328 bits per heavy atom. The number of hydrogen-bond donors (Lipinski definition) is 0. The van der Waals surface area contributed by atoms with Crippen molar-refractivity contribution in [2.24, 2.45) is 0 Å². The van der Waals surface area contributed by atoms with Gasteiger partial charge in [-0.05, 0) is 65.5 Å². The van der Waals surface area contributed by atoms with Crippen LogP contribution in [0.25, 0.3) is 111 Å². The minimum atomic E-state index is 0.618. The number of nitrogens with zero attached hydrogens (tertiary/aromatic N) is 6. The smallest absolute Gasteiger partial charge is 0.164 e. The highest BCUT2D eigenvalue weighted by molar-refractivity contribution is 6.19. The zero-order valence-corrected chi connectivity index (χ0v) is 31.2. The van der Waals surface area contributed by atoms with E-state index in [2.05, 4.69) is 129 Å². The molecule has 0 bridgehead atoms. The molecule has 0 atom stereocenters. The number of aromatic nitrogens is 6. The summed E-state index contributed by atoms with van der Waals surface area (Å²) in [6.45, 7) is 0. The molecule has 0 fully saturated rings. The first-order valence-corrected chi connectivity index (χ1v) is 19.5. The van der Waals surface area contributed by atoms with Crippen LogP contribution in [0.15, 0.2) is 194 Å². The molecule has 0 saturated heterocycles. The molecule has 0 radical (unpaired) electrons. The first kappa shape index (κ1) is 32.3. The van der Waals surface area contributed by atoms with Gasteiger partial charge in [-0.2, -0.15) is 0 Å². The Bertz CT molecular complexity index is 3500. The summed E-state index contributed by atoms with van der Waals surface area (Å²) >= 11 is 0. The third-order valence-corrected chi connectivity index (χ3v) is 11.4. The lowest BCUT2D eigenvalue weighted by Gasteiger charge is -2.12. The van der Waals surface area contributed by atoms with Crippen molar-refractivity contribution in [3.05, 3.63) is 194 Å². The highest BCUT2D eigenvalue weighted by atomic mass is 15.0. The van der Waals surface area contributed by atoms with Crippen molar-refractivity contribution in [3.63, 3.8) is 0 Å². The van der Waals surface area contributed by atoms with Gasteiger partial charge in [0.1, 0.15) is 0 Å². The molecule has 0 amide bonds. The maximum Gasteiger partial charge on any atom is 0.164 e. The number of rotatable bonds is 5. The molecule has 12 rings (SSSR count). The summed E-state index contributed by atoms with van der Waals surface area (Å²) < 4.78 is 4.83. The second kappa shape index (κ2) is 12.8. The highest BCUT2D eigenvalue weighted by Crippen LogP contribution is 2.41. The fraction of sp³-hybridized carbons (Fsp3) is 0. The molecule has 0 spiro atoms. The van der Waals surface area contributed by atoms with Crippen molar-refractivity contribution in [2.75, 3.05) is 0 Å². The summed E-state index contributed by atoms with van der Waals surface area (Å²) in [5, 5.41) is 7.28. The molecule has 0 saturated carbocycles. The third-order valence-electron chi connectivity index (χ3n) is 11.4. The molecule has 0 aliphatic heterocycles. The van der Waals surface area contributed by atoms with Gasteiger partial charge in [-0.15, -0.1) is 0 Å². The SMILES string of the molecule is c1ccc(-c2nc(-c3ccccc3)nc(-c3cccc(-n4c5ccc(-c6cccnc6)cc5c5cc6cc7c8ccccc8c8ccccc8n7c6cc54)c3)n2)cc1. The van der Waals surface area contributed by atoms with Crippen molar-refractivity contribution in [2.45, 2.75) is 0 Å². The number of benzene rings is 7. The number of hydrogen-bond acceptors (Lipinski definition) is 4. The van der Waals surface area contributed by atoms with Crippen LogP contribution in [-0.4, -0.2) is 28.9 Å². The zero-order chi connectivity index (χ0) is 38.2. The van der Waals surface area contributed by atoms with Crippen LogP contribution < -0.4 is 0 Å². The normalized spacial score (nSPS) is 11.8. The van der Waals surface area contributed by atoms with Crippen molar-refractivity contribution in [3.8, 4) is 51.0 Å². The largest absolute Gasteiger partial charge is 0.309 e. The van der Waals surface area contributed by atoms with Crippen molar-refractivity contribution in [1.29, 1.82) is 0 Å². The van der Waals surface area contributed by atoms with Gasteiger partial charge in [-0.1, -0.05) is 127 Å². The quantitative estimate of drug-likeness (QED) is 0.165. The van der Waals surface area contributed by atoms with Crippen LogP contribution in [0.5, 0.6) is 0 Å². The van der Waals surface area contributed by atoms with Gasteiger partial charge >= 0.3 is 0 Å². The van der Waals surface area contributed by atoms with Crippen LogP contribution in [0, 0.1) is 0 Å². The van der Waals surface area contributed by atoms with Crippen LogP contribution >= 0.6 is 0 Å². The van der Waals surface area contributed by atoms with Crippen LogP contribution in [0.4, 0.5) is 0 Å². The van der Waals surface area contributed by atoms with E-state index in [1.54, 1.807) is 0 Å². The van der Waals surface area contributed by atoms with E-state index in [0.29, 0.717) is 17.5 Å². The predicted octanol–water partition coefficient (Wildman–Crippen LogP) is 12.7. The van der Waals surface area contributed by atoms with E-state index in [0.717, 1.165) is 50.1 Å². The average molecular weight is 741 g/mol. The Morgan fingerprint density at radius 2 is 0.948 bits per heavy atom. The number of pyridine rings is 2. The average Bonchev–Trinajstić information content (AvgIpc) is 3.84. The van der Waals surface area contributed by atoms with E-state index in [9.17, 15) is 0 Å². The standard InChI is InChI=1S/C52H32N6/c1-3-13-33(14-4-1)50-54-51(34-15-5-2-6-16-34)56-52(55-50)36-17-11-19-39(27-36)57-46-25-24-35(37-18-12-26-53-32-37)28-43(46)44-29-38-30-48-42-22-8-7-20-40(42)41-21-9-10-23-45(41)58(48)47(38)31-49(44)57/h1-32H. The monoisotopic (exact) mass is 740 g/mol. The fourth-order valence-electron chi connectivity index (χ4n) is 8.73. The summed E-state index contributed by atoms with van der Waals surface area (Å²) in [5.41, 5.74) is 11.8. The van der Waals surface area contributed by atoms with Crippen molar-refractivity contribution in [1.82, 2.24) is 28.9 Å². The van der Waals surface area contributed by atoms with Gasteiger partial charge in [0.05, 0.1) is 27.6 Å². The molecule has 0 aliphatic carbocycles. The van der Waals surface area contributed by atoms with E-state index in [1.165, 1.54) is 43.4 Å². The Kier molecular flexibility index (Phi) is 7.13. The molecule has 6 nitrogen and oxygen atoms in total. The van der Waals surface area contributed by atoms with Crippen LogP contribution in [0.1, 0.15) is 0 Å². The maximum absolute atomic E-state index is 5.07. The molecule has 0 aliphatic rings. The first-order valence-electron chi connectivity index (χ1n) is 19.5. The van der Waals surface area contributed by atoms with Crippen LogP contribution in [-0.2, 0) is 0 Å². The fourth-order valence-corrected chi connectivity index (χ4v) is 8.73. The second-order valence-corrected chi connectivity index (χ2v) is 14.8. The molecular formula is C52H32N6. The molecule has 0 unspecified atom stereocenters. The van der Waals surface area contributed by atoms with E-state index in [1.807, 2.05) is 79.1 Å². The van der Waals surface area contributed by atoms with Crippen molar-refractivity contribution >= 4 is 59.9 Å². The van der Waals surface area contributed by atoms with Gasteiger partial charge in [-0.3, -0.25) is 4.98 Å². The molecule has 5 heterocycles. The lowest BCUT2D eigenvalue weighted by molar-refractivity contribution is 1.07. The summed E-state index contributed by atoms with van der Waals surface area (Å²) in [5.74, 6) is 1.89. The lowest BCUT2D eigenvalue weighted by atomic mass is 10.0. The molecule has 12 aromatic rings. The van der Waals surface area contributed by atoms with Crippen LogP contribution in [0.2, 0.25) is 0 Å². The van der Waals surface area contributed by atoms with E-state index in [-0.39, 0.29) is 0 Å². The summed E-state index contributed by atoms with van der Waals surface area (Å²) in [4.78, 5) is 19.5. The summed E-state index contributed by atoms with van der Waals surface area (Å²) in [7, 11) is 0. The minimum Gasteiger partial charge on any atom is -0.309 e. The Balaban J connectivity index is 1.13. The summed E-state index contributed by atoms with van der Waals surface area (Å²) in [6.07, 6.45) is 3.75. The Morgan fingerprint density at radius 3 is 1.67 bits per heavy atom. The van der Waals surface area contributed by atoms with Gasteiger partial charge in [0.25, 0.3) is 0 Å². The van der Waals surface area contributed by atoms with Crippen molar-refractivity contribution < 1.29 is 0 Å². The van der Waals surface area contributed by atoms with E-state index in [4.69, 9.17) is 15.0 Å². The first-order chi connectivity index (χ1) is 28.7. The maximum atomic E-state index is 5.07. The van der Waals surface area contributed by atoms with Gasteiger partial charge in [-0.25, -0.2) is 15.0 Å². The summed E-state index contributed by atoms with van der Waals surface area (Å²) in [6, 6.07) is 64.3. The Labute approximate surface area is 333 Å². The molecular weight excluding hydrogens is 709 g/mol. The lowest BCUT2D eigenvalue weighted by Crippen LogP contribution is -2.01. The molecule has 6 heteroatoms.